The Morgan fingerprint density at radius 2 is 1.53 bits per heavy atom. The lowest BCUT2D eigenvalue weighted by molar-refractivity contribution is -0.119. The van der Waals surface area contributed by atoms with Crippen LogP contribution in [0.25, 0.3) is 0 Å². The SMILES string of the molecule is CC(C)CC(=O)[C@H](C)[Si](C)(C)C(C)(C)C. The molecule has 0 unspecified atom stereocenters. The molecule has 0 bridgehead atoms. The van der Waals surface area contributed by atoms with Gasteiger partial charge in [0, 0.05) is 12.0 Å². The minimum absolute atomic E-state index is 0.278. The molecule has 0 rings (SSSR count). The first kappa shape index (κ1) is 14.9. The van der Waals surface area contributed by atoms with Crippen LogP contribution in [0.1, 0.15) is 48.0 Å². The molecule has 0 aliphatic carbocycles. The van der Waals surface area contributed by atoms with Gasteiger partial charge in [-0.3, -0.25) is 4.79 Å². The van der Waals surface area contributed by atoms with Crippen molar-refractivity contribution in [3.8, 4) is 0 Å². The lowest BCUT2D eigenvalue weighted by Gasteiger charge is -2.41. The van der Waals surface area contributed by atoms with Gasteiger partial charge in [0.05, 0.1) is 8.07 Å². The van der Waals surface area contributed by atoms with Crippen molar-refractivity contribution >= 4 is 13.9 Å². The fourth-order valence-corrected chi connectivity index (χ4v) is 3.85. The van der Waals surface area contributed by atoms with E-state index in [1.54, 1.807) is 0 Å². The zero-order valence-electron chi connectivity index (χ0n) is 11.8. The zero-order valence-corrected chi connectivity index (χ0v) is 12.8. The van der Waals surface area contributed by atoms with E-state index in [0.29, 0.717) is 16.7 Å². The van der Waals surface area contributed by atoms with Gasteiger partial charge in [0.2, 0.25) is 0 Å². The largest absolute Gasteiger partial charge is 0.300 e. The summed E-state index contributed by atoms with van der Waals surface area (Å²) in [7, 11) is -1.49. The highest BCUT2D eigenvalue weighted by molar-refractivity contribution is 6.84. The summed E-state index contributed by atoms with van der Waals surface area (Å²) < 4.78 is 0. The summed E-state index contributed by atoms with van der Waals surface area (Å²) in [6, 6.07) is 0. The van der Waals surface area contributed by atoms with Gasteiger partial charge < -0.3 is 0 Å². The van der Waals surface area contributed by atoms with Crippen LogP contribution in [-0.2, 0) is 4.79 Å². The van der Waals surface area contributed by atoms with E-state index in [2.05, 4.69) is 54.6 Å². The standard InChI is InChI=1S/C13H28OSi/c1-10(2)9-12(14)11(3)15(7,8)13(4,5)6/h10-11H,9H2,1-8H3/t11-/m0/s1. The topological polar surface area (TPSA) is 17.1 Å². The molecule has 1 atom stereocenters. The molecule has 0 radical (unpaired) electrons. The molecule has 0 aromatic heterocycles. The molecule has 0 saturated heterocycles. The first-order valence-corrected chi connectivity index (χ1v) is 9.10. The Morgan fingerprint density at radius 1 is 1.13 bits per heavy atom. The molecule has 0 heterocycles. The van der Waals surface area contributed by atoms with Crippen molar-refractivity contribution in [2.75, 3.05) is 0 Å². The van der Waals surface area contributed by atoms with Crippen molar-refractivity contribution in [2.24, 2.45) is 5.92 Å². The summed E-state index contributed by atoms with van der Waals surface area (Å²) in [5.41, 5.74) is 0.278. The number of Topliss-reactive ketones (excluding diaryl/α,β-unsaturated/α-hetero) is 1. The third kappa shape index (κ3) is 3.75. The maximum Gasteiger partial charge on any atom is 0.133 e. The van der Waals surface area contributed by atoms with Gasteiger partial charge in [-0.1, -0.05) is 54.6 Å². The van der Waals surface area contributed by atoms with Crippen LogP contribution in [0.4, 0.5) is 0 Å². The number of carbonyl (C=O) groups excluding carboxylic acids is 1. The Bertz CT molecular complexity index is 223. The highest BCUT2D eigenvalue weighted by Gasteiger charge is 2.42. The third-order valence-electron chi connectivity index (χ3n) is 4.11. The fraction of sp³-hybridized carbons (Fsp3) is 0.923. The molecular formula is C13H28OSi. The van der Waals surface area contributed by atoms with Gasteiger partial charge in [0.1, 0.15) is 5.78 Å². The predicted molar refractivity (Wildman–Crippen MR) is 71.1 cm³/mol. The van der Waals surface area contributed by atoms with Gasteiger partial charge >= 0.3 is 0 Å². The monoisotopic (exact) mass is 228 g/mol. The lowest BCUT2D eigenvalue weighted by Crippen LogP contribution is -2.44. The second-order valence-electron chi connectivity index (χ2n) is 6.76. The predicted octanol–water partition coefficient (Wildman–Crippen LogP) is 4.50. The highest BCUT2D eigenvalue weighted by Crippen LogP contribution is 2.44. The first-order valence-electron chi connectivity index (χ1n) is 6.03. The van der Waals surface area contributed by atoms with Crippen LogP contribution in [0.15, 0.2) is 0 Å². The van der Waals surface area contributed by atoms with Gasteiger partial charge in [-0.15, -0.1) is 0 Å². The van der Waals surface area contributed by atoms with Crippen molar-refractivity contribution in [3.63, 3.8) is 0 Å². The summed E-state index contributed by atoms with van der Waals surface area (Å²) in [6.45, 7) is 17.9. The van der Waals surface area contributed by atoms with Crippen LogP contribution in [0.2, 0.25) is 23.7 Å². The highest BCUT2D eigenvalue weighted by atomic mass is 28.3. The molecule has 0 saturated carbocycles. The second-order valence-corrected chi connectivity index (χ2v) is 12.6. The van der Waals surface area contributed by atoms with E-state index < -0.39 is 8.07 Å². The van der Waals surface area contributed by atoms with E-state index in [0.717, 1.165) is 6.42 Å². The minimum atomic E-state index is -1.49. The van der Waals surface area contributed by atoms with Crippen molar-refractivity contribution in [2.45, 2.75) is 71.6 Å². The first-order chi connectivity index (χ1) is 6.50. The van der Waals surface area contributed by atoms with Gasteiger partial charge in [0.15, 0.2) is 0 Å². The van der Waals surface area contributed by atoms with Crippen LogP contribution < -0.4 is 0 Å². The summed E-state index contributed by atoms with van der Waals surface area (Å²) in [4.78, 5) is 12.1. The van der Waals surface area contributed by atoms with Gasteiger partial charge in [-0.25, -0.2) is 0 Å². The van der Waals surface area contributed by atoms with Crippen LogP contribution in [-0.4, -0.2) is 13.9 Å². The quantitative estimate of drug-likeness (QED) is 0.648. The molecular weight excluding hydrogens is 200 g/mol. The zero-order chi connectivity index (χ0) is 12.4. The maximum absolute atomic E-state index is 12.1. The molecule has 0 aliphatic rings. The van der Waals surface area contributed by atoms with E-state index in [1.807, 2.05) is 0 Å². The molecule has 0 spiro atoms. The Kier molecular flexibility index (Phi) is 4.78. The van der Waals surface area contributed by atoms with E-state index in [4.69, 9.17) is 0 Å². The average Bonchev–Trinajstić information content (AvgIpc) is 1.99. The van der Waals surface area contributed by atoms with Crippen molar-refractivity contribution in [3.05, 3.63) is 0 Å². The summed E-state index contributed by atoms with van der Waals surface area (Å²) in [5, 5.41) is 0.305. The summed E-state index contributed by atoms with van der Waals surface area (Å²) >= 11 is 0. The molecule has 2 heteroatoms. The Labute approximate surface area is 96.7 Å². The number of carbonyl (C=O) groups is 1. The Balaban J connectivity index is 4.70. The number of hydrogen-bond acceptors (Lipinski definition) is 1. The summed E-state index contributed by atoms with van der Waals surface area (Å²) in [5.74, 6) is 0.960. The molecule has 0 amide bonds. The van der Waals surface area contributed by atoms with Crippen molar-refractivity contribution in [1.82, 2.24) is 0 Å². The number of hydrogen-bond donors (Lipinski definition) is 0. The molecule has 0 aromatic carbocycles. The molecule has 90 valence electrons. The maximum atomic E-state index is 12.1. The van der Waals surface area contributed by atoms with E-state index in [1.165, 1.54) is 0 Å². The van der Waals surface area contributed by atoms with Crippen molar-refractivity contribution < 1.29 is 4.79 Å². The molecule has 15 heavy (non-hydrogen) atoms. The average molecular weight is 228 g/mol. The van der Waals surface area contributed by atoms with Crippen LogP contribution in [0.3, 0.4) is 0 Å². The van der Waals surface area contributed by atoms with E-state index in [-0.39, 0.29) is 5.54 Å². The fourth-order valence-electron chi connectivity index (χ4n) is 1.63. The third-order valence-corrected chi connectivity index (χ3v) is 10.5. The summed E-state index contributed by atoms with van der Waals surface area (Å²) in [6.07, 6.45) is 0.744. The molecule has 0 aromatic rings. The van der Waals surface area contributed by atoms with Crippen LogP contribution >= 0.6 is 0 Å². The van der Waals surface area contributed by atoms with E-state index >= 15 is 0 Å². The smallest absolute Gasteiger partial charge is 0.133 e. The lowest BCUT2D eigenvalue weighted by atomic mass is 10.1. The van der Waals surface area contributed by atoms with E-state index in [9.17, 15) is 4.79 Å². The normalized spacial score (nSPS) is 15.5. The van der Waals surface area contributed by atoms with Crippen molar-refractivity contribution in [1.29, 1.82) is 0 Å². The second kappa shape index (κ2) is 4.81. The Hall–Kier alpha value is -0.113. The number of ketones is 1. The van der Waals surface area contributed by atoms with Gasteiger partial charge in [0.25, 0.3) is 0 Å². The number of rotatable bonds is 4. The van der Waals surface area contributed by atoms with Gasteiger partial charge in [-0.2, -0.15) is 0 Å². The van der Waals surface area contributed by atoms with Crippen LogP contribution in [0, 0.1) is 5.92 Å². The van der Waals surface area contributed by atoms with Gasteiger partial charge in [-0.05, 0) is 11.0 Å². The molecule has 1 nitrogen and oxygen atoms in total. The minimum Gasteiger partial charge on any atom is -0.300 e. The molecule has 0 N–H and O–H groups in total. The molecule has 0 aliphatic heterocycles. The van der Waals surface area contributed by atoms with Crippen LogP contribution in [0.5, 0.6) is 0 Å². The Morgan fingerprint density at radius 3 is 1.80 bits per heavy atom. The molecule has 0 fully saturated rings.